The van der Waals surface area contributed by atoms with Crippen molar-refractivity contribution in [3.05, 3.63) is 60.2 Å². The second-order valence-electron chi connectivity index (χ2n) is 8.42. The molecule has 2 saturated heterocycles. The predicted molar refractivity (Wildman–Crippen MR) is 109 cm³/mol. The summed E-state index contributed by atoms with van der Waals surface area (Å²) in [5, 5.41) is 0. The first kappa shape index (κ1) is 18.3. The van der Waals surface area contributed by atoms with Crippen molar-refractivity contribution in [1.29, 1.82) is 0 Å². The third-order valence-electron chi connectivity index (χ3n) is 6.80. The van der Waals surface area contributed by atoms with Gasteiger partial charge >= 0.3 is 6.09 Å². The Morgan fingerprint density at radius 1 is 1.07 bits per heavy atom. The summed E-state index contributed by atoms with van der Waals surface area (Å²) in [7, 11) is 0. The summed E-state index contributed by atoms with van der Waals surface area (Å²) >= 11 is 0. The number of fused-ring (bicyclic) bond motifs is 2. The molecule has 1 amide bonds. The first-order chi connectivity index (χ1) is 14.2. The first-order valence-corrected chi connectivity index (χ1v) is 10.5. The van der Waals surface area contributed by atoms with Gasteiger partial charge in [-0.3, -0.25) is 4.98 Å². The molecule has 5 rings (SSSR count). The number of piperidine rings is 1. The minimum Gasteiger partial charge on any atom is -0.447 e. The number of nitrogens with zero attached hydrogens (tertiary/aromatic N) is 2. The lowest BCUT2D eigenvalue weighted by Gasteiger charge is -2.46. The number of benzene rings is 1. The maximum absolute atomic E-state index is 13.1. The fourth-order valence-electron chi connectivity index (χ4n) is 5.30. The van der Waals surface area contributed by atoms with E-state index in [2.05, 4.69) is 17.1 Å². The number of halogens is 1. The fourth-order valence-corrected chi connectivity index (χ4v) is 5.30. The summed E-state index contributed by atoms with van der Waals surface area (Å²) in [6.45, 7) is 1.34. The van der Waals surface area contributed by atoms with Crippen molar-refractivity contribution in [1.82, 2.24) is 9.88 Å². The molecule has 150 valence electrons. The molecule has 3 fully saturated rings. The van der Waals surface area contributed by atoms with E-state index in [0.717, 1.165) is 23.4 Å². The van der Waals surface area contributed by atoms with Crippen LogP contribution in [0.3, 0.4) is 0 Å². The predicted octanol–water partition coefficient (Wildman–Crippen LogP) is 5.16. The number of hydrogen-bond acceptors (Lipinski definition) is 3. The van der Waals surface area contributed by atoms with Crippen LogP contribution in [0.2, 0.25) is 0 Å². The summed E-state index contributed by atoms with van der Waals surface area (Å²) in [4.78, 5) is 18.7. The molecule has 3 heterocycles. The van der Waals surface area contributed by atoms with Crippen molar-refractivity contribution in [3.8, 4) is 11.1 Å². The normalized spacial score (nSPS) is 28.9. The molecule has 0 bridgehead atoms. The van der Waals surface area contributed by atoms with Gasteiger partial charge in [-0.25, -0.2) is 9.18 Å². The summed E-state index contributed by atoms with van der Waals surface area (Å²) < 4.78 is 18.5. The average Bonchev–Trinajstić information content (AvgIpc) is 3.13. The van der Waals surface area contributed by atoms with Crippen LogP contribution in [0.15, 0.2) is 48.7 Å². The van der Waals surface area contributed by atoms with Crippen LogP contribution in [0.1, 0.15) is 31.4 Å². The van der Waals surface area contributed by atoms with E-state index < -0.39 is 0 Å². The molecule has 2 aromatic rings. The van der Waals surface area contributed by atoms with E-state index in [1.807, 2.05) is 23.2 Å². The Balaban J connectivity index is 1.36. The van der Waals surface area contributed by atoms with Crippen LogP contribution in [0.4, 0.5) is 9.18 Å². The van der Waals surface area contributed by atoms with Crippen LogP contribution in [0.5, 0.6) is 0 Å². The van der Waals surface area contributed by atoms with Gasteiger partial charge in [0.05, 0.1) is 11.7 Å². The van der Waals surface area contributed by atoms with Gasteiger partial charge in [-0.15, -0.1) is 0 Å². The molecule has 3 aliphatic rings. The lowest BCUT2D eigenvalue weighted by atomic mass is 9.67. The largest absolute Gasteiger partial charge is 0.447 e. The molecule has 29 heavy (non-hydrogen) atoms. The topological polar surface area (TPSA) is 42.4 Å². The molecule has 4 nitrogen and oxygen atoms in total. The molecule has 0 radical (unpaired) electrons. The standard InChI is InChI=1S/C24H25FN2O2/c25-19-8-5-16(6-9-19)17-7-10-20(26-13-17)11-12-22-21-4-2-1-3-18(21)14-27-23(22)15-29-24(27)28/h5-13,18,21-23H,1-4,14-15H2/b12-11+/t18?,21?,22?,23-/m1/s1. The highest BCUT2D eigenvalue weighted by Crippen LogP contribution is 2.44. The SMILES string of the molecule is O=C1OC[C@@H]2C(/C=C/c3ccc(-c4ccc(F)cc4)cn3)C3CCCCC3CN12. The van der Waals surface area contributed by atoms with Crippen molar-refractivity contribution in [3.63, 3.8) is 0 Å². The Labute approximate surface area is 170 Å². The van der Waals surface area contributed by atoms with E-state index in [1.165, 1.54) is 37.8 Å². The third-order valence-corrected chi connectivity index (χ3v) is 6.80. The zero-order valence-electron chi connectivity index (χ0n) is 16.3. The molecule has 0 spiro atoms. The van der Waals surface area contributed by atoms with Gasteiger partial charge in [0, 0.05) is 24.2 Å². The minimum atomic E-state index is -0.238. The van der Waals surface area contributed by atoms with Gasteiger partial charge < -0.3 is 9.64 Å². The minimum absolute atomic E-state index is 0.150. The van der Waals surface area contributed by atoms with Crippen molar-refractivity contribution in [2.45, 2.75) is 31.7 Å². The average molecular weight is 392 g/mol. The quantitative estimate of drug-likeness (QED) is 0.725. The Morgan fingerprint density at radius 3 is 2.66 bits per heavy atom. The molecule has 1 aliphatic carbocycles. The van der Waals surface area contributed by atoms with Crippen molar-refractivity contribution < 1.29 is 13.9 Å². The van der Waals surface area contributed by atoms with Gasteiger partial charge in [0.15, 0.2) is 0 Å². The highest BCUT2D eigenvalue weighted by molar-refractivity contribution is 5.70. The zero-order valence-corrected chi connectivity index (χ0v) is 16.3. The molecule has 2 aliphatic heterocycles. The number of ether oxygens (including phenoxy) is 1. The van der Waals surface area contributed by atoms with Crippen LogP contribution < -0.4 is 0 Å². The number of rotatable bonds is 3. The molecule has 1 saturated carbocycles. The number of carbonyl (C=O) groups is 1. The maximum Gasteiger partial charge on any atom is 0.410 e. The zero-order chi connectivity index (χ0) is 19.8. The highest BCUT2D eigenvalue weighted by Gasteiger charge is 2.48. The van der Waals surface area contributed by atoms with Crippen LogP contribution in [0, 0.1) is 23.6 Å². The van der Waals surface area contributed by atoms with Gasteiger partial charge in [0.1, 0.15) is 12.4 Å². The van der Waals surface area contributed by atoms with E-state index >= 15 is 0 Å². The van der Waals surface area contributed by atoms with Crippen LogP contribution in [-0.2, 0) is 4.74 Å². The van der Waals surface area contributed by atoms with Crippen LogP contribution in [0.25, 0.3) is 17.2 Å². The smallest absolute Gasteiger partial charge is 0.410 e. The number of amides is 1. The molecule has 1 aromatic heterocycles. The van der Waals surface area contributed by atoms with E-state index in [-0.39, 0.29) is 18.0 Å². The third kappa shape index (κ3) is 3.54. The number of cyclic esters (lactones) is 1. The molecule has 1 aromatic carbocycles. The highest BCUT2D eigenvalue weighted by atomic mass is 19.1. The summed E-state index contributed by atoms with van der Waals surface area (Å²) in [6.07, 6.45) is 11.0. The Bertz CT molecular complexity index is 909. The van der Waals surface area contributed by atoms with Gasteiger partial charge in [0.25, 0.3) is 0 Å². The molecule has 0 N–H and O–H groups in total. The van der Waals surface area contributed by atoms with E-state index in [4.69, 9.17) is 4.74 Å². The van der Waals surface area contributed by atoms with Gasteiger partial charge in [-0.2, -0.15) is 0 Å². The van der Waals surface area contributed by atoms with E-state index in [0.29, 0.717) is 24.4 Å². The summed E-state index contributed by atoms with van der Waals surface area (Å²) in [5.41, 5.74) is 2.81. The number of aromatic nitrogens is 1. The lowest BCUT2D eigenvalue weighted by Crippen LogP contribution is -2.52. The number of carbonyl (C=O) groups excluding carboxylic acids is 1. The lowest BCUT2D eigenvalue weighted by molar-refractivity contribution is 0.0472. The van der Waals surface area contributed by atoms with Crippen molar-refractivity contribution in [2.75, 3.05) is 13.2 Å². The van der Waals surface area contributed by atoms with Gasteiger partial charge in [-0.05, 0) is 54.5 Å². The Morgan fingerprint density at radius 2 is 1.86 bits per heavy atom. The summed E-state index contributed by atoms with van der Waals surface area (Å²) in [5.74, 6) is 1.28. The Kier molecular flexibility index (Phi) is 4.82. The molecular weight excluding hydrogens is 367 g/mol. The van der Waals surface area contributed by atoms with Crippen LogP contribution >= 0.6 is 0 Å². The van der Waals surface area contributed by atoms with Gasteiger partial charge in [-0.1, -0.05) is 37.1 Å². The Hall–Kier alpha value is -2.69. The second kappa shape index (κ2) is 7.62. The molecular formula is C24H25FN2O2. The van der Waals surface area contributed by atoms with E-state index in [1.54, 1.807) is 12.1 Å². The number of pyridine rings is 1. The monoisotopic (exact) mass is 392 g/mol. The molecule has 5 heteroatoms. The maximum atomic E-state index is 13.1. The number of hydrogen-bond donors (Lipinski definition) is 0. The summed E-state index contributed by atoms with van der Waals surface area (Å²) in [6, 6.07) is 10.6. The molecule has 4 atom stereocenters. The molecule has 3 unspecified atom stereocenters. The van der Waals surface area contributed by atoms with Crippen molar-refractivity contribution in [2.24, 2.45) is 17.8 Å². The van der Waals surface area contributed by atoms with Gasteiger partial charge in [0.2, 0.25) is 0 Å². The second-order valence-corrected chi connectivity index (χ2v) is 8.42. The fraction of sp³-hybridized carbons (Fsp3) is 0.417. The van der Waals surface area contributed by atoms with E-state index in [9.17, 15) is 9.18 Å². The van der Waals surface area contributed by atoms with Crippen LogP contribution in [-0.4, -0.2) is 35.2 Å². The first-order valence-electron chi connectivity index (χ1n) is 10.5. The van der Waals surface area contributed by atoms with Crippen molar-refractivity contribution >= 4 is 12.2 Å².